The number of hydrogen-bond acceptors (Lipinski definition) is 3. The third-order valence-corrected chi connectivity index (χ3v) is 4.23. The summed E-state index contributed by atoms with van der Waals surface area (Å²) in [5.74, 6) is 0.826. The van der Waals surface area contributed by atoms with E-state index in [9.17, 15) is 4.79 Å². The Kier molecular flexibility index (Phi) is 10.7. The minimum atomic E-state index is -0.0266. The third-order valence-electron chi connectivity index (χ3n) is 4.23. The van der Waals surface area contributed by atoms with E-state index in [-0.39, 0.29) is 29.9 Å². The molecule has 0 unspecified atom stereocenters. The molecule has 0 atom stereocenters. The summed E-state index contributed by atoms with van der Waals surface area (Å²) < 4.78 is 2.11. The molecule has 0 aliphatic heterocycles. The first-order chi connectivity index (χ1) is 13.4. The van der Waals surface area contributed by atoms with Gasteiger partial charge in [-0.25, -0.2) is 4.99 Å². The molecule has 0 fully saturated rings. The van der Waals surface area contributed by atoms with Gasteiger partial charge in [0.25, 0.3) is 0 Å². The number of benzene rings is 1. The molecule has 2 aromatic rings. The molecule has 2 N–H and O–H groups in total. The molecular weight excluding hydrogens is 479 g/mol. The maximum absolute atomic E-state index is 12.0. The topological polar surface area (TPSA) is 64.9 Å². The Morgan fingerprint density at radius 1 is 1.17 bits per heavy atom. The number of aliphatic imine (C=N–C) groups is 1. The average molecular weight is 512 g/mol. The zero-order valence-corrected chi connectivity index (χ0v) is 20.3. The van der Waals surface area contributed by atoms with Crippen LogP contribution in [0.1, 0.15) is 18.2 Å². The fourth-order valence-electron chi connectivity index (χ4n) is 2.85. The zero-order valence-electron chi connectivity index (χ0n) is 18.0. The lowest BCUT2D eigenvalue weighted by Gasteiger charge is -2.22. The fraction of sp³-hybridized carbons (Fsp3) is 0.429. The largest absolute Gasteiger partial charge is 0.357 e. The van der Waals surface area contributed by atoms with Gasteiger partial charge >= 0.3 is 0 Å². The van der Waals surface area contributed by atoms with Crippen molar-refractivity contribution in [1.82, 2.24) is 19.7 Å². The Hall–Kier alpha value is -2.07. The zero-order chi connectivity index (χ0) is 20.5. The van der Waals surface area contributed by atoms with Crippen molar-refractivity contribution in [2.24, 2.45) is 12.0 Å². The van der Waals surface area contributed by atoms with E-state index in [1.54, 1.807) is 0 Å². The Balaban J connectivity index is 0.00000420. The first-order valence-electron chi connectivity index (χ1n) is 9.52. The second-order valence-corrected chi connectivity index (χ2v) is 7.12. The van der Waals surface area contributed by atoms with Gasteiger partial charge in [-0.15, -0.1) is 24.0 Å². The van der Waals surface area contributed by atoms with E-state index >= 15 is 0 Å². The molecule has 0 spiro atoms. The van der Waals surface area contributed by atoms with Gasteiger partial charge < -0.3 is 25.0 Å². The lowest BCUT2D eigenvalue weighted by Crippen LogP contribution is -2.38. The van der Waals surface area contributed by atoms with Crippen molar-refractivity contribution >= 4 is 41.5 Å². The van der Waals surface area contributed by atoms with Gasteiger partial charge in [-0.3, -0.25) is 4.79 Å². The maximum atomic E-state index is 12.0. The summed E-state index contributed by atoms with van der Waals surface area (Å²) in [6, 6.07) is 12.0. The molecule has 0 bridgehead atoms. The molecule has 0 aliphatic rings. The molecule has 1 aromatic heterocycles. The number of likely N-dealkylation sites (N-methyl/N-ethyl adjacent to an activating group) is 1. The highest BCUT2D eigenvalue weighted by molar-refractivity contribution is 14.0. The van der Waals surface area contributed by atoms with Gasteiger partial charge in [0.2, 0.25) is 5.91 Å². The van der Waals surface area contributed by atoms with Gasteiger partial charge in [-0.1, -0.05) is 12.1 Å². The molecule has 7 nitrogen and oxygen atoms in total. The molecule has 1 heterocycles. The SMILES string of the molecule is CCNC(=NCc1cccc(NC(=O)CN(C)C)c1)N(C)Cc1cccn1C.I. The third kappa shape index (κ3) is 8.45. The average Bonchev–Trinajstić information content (AvgIpc) is 3.02. The predicted octanol–water partition coefficient (Wildman–Crippen LogP) is 2.74. The first-order valence-corrected chi connectivity index (χ1v) is 9.52. The number of halogens is 1. The van der Waals surface area contributed by atoms with E-state index in [2.05, 4.69) is 33.1 Å². The van der Waals surface area contributed by atoms with E-state index in [4.69, 9.17) is 4.99 Å². The number of aryl methyl sites for hydroxylation is 1. The number of carbonyl (C=O) groups is 1. The number of anilines is 1. The lowest BCUT2D eigenvalue weighted by atomic mass is 10.2. The minimum absolute atomic E-state index is 0. The van der Waals surface area contributed by atoms with Gasteiger partial charge in [0.05, 0.1) is 19.6 Å². The van der Waals surface area contributed by atoms with Crippen molar-refractivity contribution in [3.63, 3.8) is 0 Å². The Labute approximate surface area is 191 Å². The summed E-state index contributed by atoms with van der Waals surface area (Å²) in [5, 5.41) is 6.27. The number of guanidine groups is 1. The summed E-state index contributed by atoms with van der Waals surface area (Å²) in [6.07, 6.45) is 2.04. The van der Waals surface area contributed by atoms with Crippen molar-refractivity contribution in [2.45, 2.75) is 20.0 Å². The van der Waals surface area contributed by atoms with Crippen LogP contribution in [0.5, 0.6) is 0 Å². The summed E-state index contributed by atoms with van der Waals surface area (Å²) in [4.78, 5) is 20.7. The number of aromatic nitrogens is 1. The summed E-state index contributed by atoms with van der Waals surface area (Å²) in [7, 11) is 7.83. The molecule has 1 aromatic carbocycles. The van der Waals surface area contributed by atoms with Gasteiger partial charge in [0.1, 0.15) is 0 Å². The lowest BCUT2D eigenvalue weighted by molar-refractivity contribution is -0.116. The van der Waals surface area contributed by atoms with Crippen LogP contribution in [0.4, 0.5) is 5.69 Å². The van der Waals surface area contributed by atoms with Crippen LogP contribution in [0.25, 0.3) is 0 Å². The first kappa shape index (κ1) is 25.0. The van der Waals surface area contributed by atoms with E-state index in [1.165, 1.54) is 5.69 Å². The van der Waals surface area contributed by atoms with Crippen molar-refractivity contribution in [3.8, 4) is 0 Å². The summed E-state index contributed by atoms with van der Waals surface area (Å²) in [5.41, 5.74) is 3.06. The van der Waals surface area contributed by atoms with Crippen LogP contribution >= 0.6 is 24.0 Å². The minimum Gasteiger partial charge on any atom is -0.357 e. The van der Waals surface area contributed by atoms with E-state index in [0.717, 1.165) is 30.3 Å². The van der Waals surface area contributed by atoms with Crippen molar-refractivity contribution in [3.05, 3.63) is 53.9 Å². The highest BCUT2D eigenvalue weighted by Crippen LogP contribution is 2.12. The van der Waals surface area contributed by atoms with Crippen molar-refractivity contribution < 1.29 is 4.79 Å². The smallest absolute Gasteiger partial charge is 0.238 e. The van der Waals surface area contributed by atoms with Gasteiger partial charge in [0, 0.05) is 38.2 Å². The van der Waals surface area contributed by atoms with Crippen LogP contribution in [0.3, 0.4) is 0 Å². The van der Waals surface area contributed by atoms with E-state index in [1.807, 2.05) is 69.6 Å². The van der Waals surface area contributed by atoms with Crippen LogP contribution in [-0.2, 0) is 24.9 Å². The number of nitrogens with one attached hydrogen (secondary N) is 2. The van der Waals surface area contributed by atoms with Crippen LogP contribution in [-0.4, -0.2) is 60.5 Å². The maximum Gasteiger partial charge on any atom is 0.238 e. The molecule has 160 valence electrons. The molecule has 0 saturated carbocycles. The van der Waals surface area contributed by atoms with Crippen LogP contribution in [0.2, 0.25) is 0 Å². The highest BCUT2D eigenvalue weighted by Gasteiger charge is 2.09. The van der Waals surface area contributed by atoms with Crippen molar-refractivity contribution in [2.75, 3.05) is 39.5 Å². The Morgan fingerprint density at radius 2 is 1.93 bits per heavy atom. The molecule has 0 radical (unpaired) electrons. The van der Waals surface area contributed by atoms with E-state index < -0.39 is 0 Å². The number of hydrogen-bond donors (Lipinski definition) is 2. The highest BCUT2D eigenvalue weighted by atomic mass is 127. The van der Waals surface area contributed by atoms with Crippen LogP contribution in [0.15, 0.2) is 47.6 Å². The monoisotopic (exact) mass is 512 g/mol. The Bertz CT molecular complexity index is 802. The summed E-state index contributed by atoms with van der Waals surface area (Å²) in [6.45, 7) is 4.54. The molecule has 0 aliphatic carbocycles. The Morgan fingerprint density at radius 3 is 2.55 bits per heavy atom. The molecule has 29 heavy (non-hydrogen) atoms. The van der Waals surface area contributed by atoms with Gasteiger partial charge in [-0.2, -0.15) is 0 Å². The van der Waals surface area contributed by atoms with Gasteiger partial charge in [0.15, 0.2) is 5.96 Å². The number of nitrogens with zero attached hydrogens (tertiary/aromatic N) is 4. The molecular formula is C21H33IN6O. The second-order valence-electron chi connectivity index (χ2n) is 7.12. The van der Waals surface area contributed by atoms with E-state index in [0.29, 0.717) is 13.1 Å². The normalized spacial score (nSPS) is 11.2. The molecule has 8 heteroatoms. The predicted molar refractivity (Wildman–Crippen MR) is 131 cm³/mol. The number of rotatable bonds is 8. The van der Waals surface area contributed by atoms with Crippen LogP contribution < -0.4 is 10.6 Å². The molecule has 1 amide bonds. The standard InChI is InChI=1S/C21H32N6O.HI/c1-6-22-21(27(5)15-19-11-8-12-26(19)4)23-14-17-9-7-10-18(13-17)24-20(28)16-25(2)3;/h7-13H,6,14-16H2,1-5H3,(H,22,23)(H,24,28);1H. The molecule has 0 saturated heterocycles. The number of amides is 1. The quantitative estimate of drug-likeness (QED) is 0.325. The number of carbonyl (C=O) groups excluding carboxylic acids is 1. The van der Waals surface area contributed by atoms with Crippen molar-refractivity contribution in [1.29, 1.82) is 0 Å². The molecule has 2 rings (SSSR count). The second kappa shape index (κ2) is 12.5. The fourth-order valence-corrected chi connectivity index (χ4v) is 2.85. The van der Waals surface area contributed by atoms with Gasteiger partial charge in [-0.05, 0) is 50.8 Å². The summed E-state index contributed by atoms with van der Waals surface area (Å²) >= 11 is 0. The van der Waals surface area contributed by atoms with Crippen LogP contribution in [0, 0.1) is 0 Å².